The maximum atomic E-state index is 13.0. The number of halogens is 3. The first-order valence-corrected chi connectivity index (χ1v) is 10.1. The number of alkyl halides is 3. The van der Waals surface area contributed by atoms with Crippen molar-refractivity contribution in [2.24, 2.45) is 0 Å². The Morgan fingerprint density at radius 3 is 2.64 bits per heavy atom. The van der Waals surface area contributed by atoms with Crippen LogP contribution < -0.4 is 0 Å². The molecule has 3 heterocycles. The van der Waals surface area contributed by atoms with E-state index in [9.17, 15) is 18.0 Å². The number of imidazole rings is 1. The lowest BCUT2D eigenvalue weighted by Gasteiger charge is -2.33. The second kappa shape index (κ2) is 7.24. The molecule has 1 amide bonds. The van der Waals surface area contributed by atoms with Crippen molar-refractivity contribution in [3.8, 4) is 0 Å². The smallest absolute Gasteiger partial charge is 0.342 e. The van der Waals surface area contributed by atoms with Crippen LogP contribution >= 0.6 is 11.3 Å². The van der Waals surface area contributed by atoms with Gasteiger partial charge in [-0.1, -0.05) is 0 Å². The van der Waals surface area contributed by atoms with Gasteiger partial charge in [0.15, 0.2) is 0 Å². The average molecular weight is 407 g/mol. The first kappa shape index (κ1) is 19.0. The first-order valence-electron chi connectivity index (χ1n) is 9.17. The predicted octanol–water partition coefficient (Wildman–Crippen LogP) is 4.83. The lowest BCUT2D eigenvalue weighted by molar-refractivity contribution is -0.137. The highest BCUT2D eigenvalue weighted by molar-refractivity contribution is 7.08. The molecule has 4 rings (SSSR count). The molecular weight excluding hydrogens is 387 g/mol. The van der Waals surface area contributed by atoms with Crippen molar-refractivity contribution in [2.75, 3.05) is 13.1 Å². The number of hydrogen-bond acceptors (Lipinski definition) is 3. The van der Waals surface area contributed by atoms with E-state index in [4.69, 9.17) is 0 Å². The molecule has 148 valence electrons. The van der Waals surface area contributed by atoms with E-state index in [1.54, 1.807) is 11.3 Å². The highest BCUT2D eigenvalue weighted by atomic mass is 32.1. The van der Waals surface area contributed by atoms with Crippen LogP contribution in [0.5, 0.6) is 0 Å². The normalized spacial score (nSPS) is 16.1. The Hall–Kier alpha value is -2.35. The molecule has 4 nitrogen and oxygen atoms in total. The van der Waals surface area contributed by atoms with Gasteiger partial charge in [-0.3, -0.25) is 4.79 Å². The third-order valence-corrected chi connectivity index (χ3v) is 6.04. The zero-order valence-electron chi connectivity index (χ0n) is 15.4. The number of piperidine rings is 1. The van der Waals surface area contributed by atoms with Crippen LogP contribution in [-0.4, -0.2) is 33.4 Å². The van der Waals surface area contributed by atoms with Gasteiger partial charge >= 0.3 is 6.18 Å². The molecule has 1 aromatic carbocycles. The predicted molar refractivity (Wildman–Crippen MR) is 102 cm³/mol. The van der Waals surface area contributed by atoms with Crippen LogP contribution in [-0.2, 0) is 17.4 Å². The molecule has 1 aliphatic rings. The number of fused-ring (bicyclic) bond motifs is 1. The average Bonchev–Trinajstić information content (AvgIpc) is 3.27. The number of carbonyl (C=O) groups is 1. The minimum absolute atomic E-state index is 0.124. The lowest BCUT2D eigenvalue weighted by Crippen LogP contribution is -2.40. The van der Waals surface area contributed by atoms with E-state index < -0.39 is 11.7 Å². The fourth-order valence-electron chi connectivity index (χ4n) is 3.91. The summed E-state index contributed by atoms with van der Waals surface area (Å²) < 4.78 is 40.9. The number of hydrogen-bond donors (Lipinski definition) is 0. The molecule has 0 N–H and O–H groups in total. The van der Waals surface area contributed by atoms with E-state index in [-0.39, 0.29) is 11.9 Å². The van der Waals surface area contributed by atoms with E-state index in [2.05, 4.69) is 4.98 Å². The molecular formula is C20H20F3N3OS. The van der Waals surface area contributed by atoms with Crippen LogP contribution in [0.3, 0.4) is 0 Å². The molecule has 2 aromatic heterocycles. The van der Waals surface area contributed by atoms with Crippen LogP contribution in [0.4, 0.5) is 13.2 Å². The van der Waals surface area contributed by atoms with E-state index in [1.165, 1.54) is 6.07 Å². The van der Waals surface area contributed by atoms with Crippen LogP contribution in [0.1, 0.15) is 35.8 Å². The van der Waals surface area contributed by atoms with Crippen molar-refractivity contribution in [1.29, 1.82) is 0 Å². The molecule has 0 spiro atoms. The second-order valence-corrected chi connectivity index (χ2v) is 7.93. The quantitative estimate of drug-likeness (QED) is 0.624. The summed E-state index contributed by atoms with van der Waals surface area (Å²) in [5.41, 5.74) is 1.43. The molecule has 0 atom stereocenters. The summed E-state index contributed by atoms with van der Waals surface area (Å²) in [6, 6.07) is 5.82. The minimum Gasteiger partial charge on any atom is -0.342 e. The Morgan fingerprint density at radius 2 is 2.00 bits per heavy atom. The Labute approximate surface area is 164 Å². The molecule has 0 radical (unpaired) electrons. The summed E-state index contributed by atoms with van der Waals surface area (Å²) in [4.78, 5) is 18.7. The first-order chi connectivity index (χ1) is 13.3. The van der Waals surface area contributed by atoms with Crippen molar-refractivity contribution in [3.63, 3.8) is 0 Å². The summed E-state index contributed by atoms with van der Waals surface area (Å²) >= 11 is 1.58. The van der Waals surface area contributed by atoms with Crippen LogP contribution in [0.2, 0.25) is 0 Å². The summed E-state index contributed by atoms with van der Waals surface area (Å²) in [7, 11) is 0. The number of carbonyl (C=O) groups excluding carboxylic acids is 1. The van der Waals surface area contributed by atoms with Crippen LogP contribution in [0, 0.1) is 6.92 Å². The number of aromatic nitrogens is 2. The summed E-state index contributed by atoms with van der Waals surface area (Å²) in [5.74, 6) is 0.830. The lowest BCUT2D eigenvalue weighted by atomic mass is 10.0. The van der Waals surface area contributed by atoms with Gasteiger partial charge < -0.3 is 9.47 Å². The maximum Gasteiger partial charge on any atom is 0.416 e. The van der Waals surface area contributed by atoms with Crippen molar-refractivity contribution in [2.45, 2.75) is 38.4 Å². The Kier molecular flexibility index (Phi) is 4.91. The largest absolute Gasteiger partial charge is 0.416 e. The number of thiophene rings is 1. The van der Waals surface area contributed by atoms with Gasteiger partial charge in [-0.05, 0) is 60.4 Å². The molecule has 8 heteroatoms. The van der Waals surface area contributed by atoms with E-state index in [0.29, 0.717) is 36.4 Å². The van der Waals surface area contributed by atoms with Gasteiger partial charge in [0.1, 0.15) is 5.82 Å². The van der Waals surface area contributed by atoms with Crippen LogP contribution in [0.15, 0.2) is 35.0 Å². The minimum atomic E-state index is -4.37. The van der Waals surface area contributed by atoms with Crippen LogP contribution in [0.25, 0.3) is 11.0 Å². The SMILES string of the molecule is Cc1nc2cc(C(F)(F)F)ccc2n1C1CCN(C(=O)Cc2ccsc2)CC1. The highest BCUT2D eigenvalue weighted by Crippen LogP contribution is 2.34. The van der Waals surface area contributed by atoms with Gasteiger partial charge in [0.25, 0.3) is 0 Å². The fraction of sp³-hybridized carbons (Fsp3) is 0.400. The van der Waals surface area contributed by atoms with Gasteiger partial charge in [-0.25, -0.2) is 4.98 Å². The summed E-state index contributed by atoms with van der Waals surface area (Å²) in [6.07, 6.45) is -2.42. The summed E-state index contributed by atoms with van der Waals surface area (Å²) in [5, 5.41) is 3.95. The monoisotopic (exact) mass is 407 g/mol. The molecule has 28 heavy (non-hydrogen) atoms. The van der Waals surface area contributed by atoms with E-state index in [1.807, 2.05) is 33.2 Å². The van der Waals surface area contributed by atoms with E-state index in [0.717, 1.165) is 30.5 Å². The molecule has 0 aliphatic carbocycles. The standard InChI is InChI=1S/C20H20F3N3OS/c1-13-24-17-11-15(20(21,22)23)2-3-18(17)26(13)16-4-7-25(8-5-16)19(27)10-14-6-9-28-12-14/h2-3,6,9,11-12,16H,4-5,7-8,10H2,1H3. The molecule has 1 aliphatic heterocycles. The van der Waals surface area contributed by atoms with Crippen molar-refractivity contribution >= 4 is 28.3 Å². The molecule has 0 saturated carbocycles. The zero-order valence-corrected chi connectivity index (χ0v) is 16.2. The molecule has 1 fully saturated rings. The third kappa shape index (κ3) is 3.65. The zero-order chi connectivity index (χ0) is 19.9. The number of rotatable bonds is 3. The Balaban J connectivity index is 1.49. The van der Waals surface area contributed by atoms with Gasteiger partial charge in [0.2, 0.25) is 5.91 Å². The highest BCUT2D eigenvalue weighted by Gasteiger charge is 2.32. The molecule has 0 unspecified atom stereocenters. The number of likely N-dealkylation sites (tertiary alicyclic amines) is 1. The van der Waals surface area contributed by atoms with Gasteiger partial charge in [-0.15, -0.1) is 0 Å². The van der Waals surface area contributed by atoms with Crippen molar-refractivity contribution in [1.82, 2.24) is 14.5 Å². The number of amides is 1. The Morgan fingerprint density at radius 1 is 1.25 bits per heavy atom. The summed E-state index contributed by atoms with van der Waals surface area (Å²) in [6.45, 7) is 3.11. The maximum absolute atomic E-state index is 13.0. The number of aryl methyl sites for hydroxylation is 1. The fourth-order valence-corrected chi connectivity index (χ4v) is 4.58. The molecule has 0 bridgehead atoms. The van der Waals surface area contributed by atoms with Crippen molar-refractivity contribution in [3.05, 3.63) is 52.0 Å². The Bertz CT molecular complexity index is 986. The van der Waals surface area contributed by atoms with E-state index >= 15 is 0 Å². The molecule has 3 aromatic rings. The number of nitrogens with zero attached hydrogens (tertiary/aromatic N) is 3. The van der Waals surface area contributed by atoms with Crippen molar-refractivity contribution < 1.29 is 18.0 Å². The number of benzene rings is 1. The van der Waals surface area contributed by atoms with Gasteiger partial charge in [-0.2, -0.15) is 24.5 Å². The second-order valence-electron chi connectivity index (χ2n) is 7.15. The third-order valence-electron chi connectivity index (χ3n) is 5.31. The van der Waals surface area contributed by atoms with Gasteiger partial charge in [0.05, 0.1) is 23.0 Å². The topological polar surface area (TPSA) is 38.1 Å². The van der Waals surface area contributed by atoms with Gasteiger partial charge in [0, 0.05) is 19.1 Å². The molecule has 1 saturated heterocycles.